The number of benzene rings is 2. The number of ether oxygens (including phenoxy) is 2. The van der Waals surface area contributed by atoms with Gasteiger partial charge in [0.1, 0.15) is 24.7 Å². The van der Waals surface area contributed by atoms with E-state index in [2.05, 4.69) is 10.6 Å². The summed E-state index contributed by atoms with van der Waals surface area (Å²) >= 11 is 5.11. The molecule has 0 aliphatic rings. The highest BCUT2D eigenvalue weighted by Gasteiger charge is 2.08. The van der Waals surface area contributed by atoms with Crippen LogP contribution in [0.2, 0.25) is 0 Å². The molecule has 6 heteroatoms. The maximum atomic E-state index is 11.6. The minimum Gasteiger partial charge on any atom is -0.490 e. The molecule has 0 heterocycles. The second kappa shape index (κ2) is 9.64. The summed E-state index contributed by atoms with van der Waals surface area (Å²) in [6, 6.07) is 16.9. The zero-order valence-electron chi connectivity index (χ0n) is 14.3. The monoisotopic (exact) mass is 358 g/mol. The predicted molar refractivity (Wildman–Crippen MR) is 103 cm³/mol. The molecule has 2 N–H and O–H groups in total. The molecule has 0 saturated heterocycles. The van der Waals surface area contributed by atoms with Crippen LogP contribution in [-0.4, -0.2) is 24.2 Å². The Labute approximate surface area is 153 Å². The lowest BCUT2D eigenvalue weighted by atomic mass is 10.2. The normalized spacial score (nSPS) is 10.2. The summed E-state index contributed by atoms with van der Waals surface area (Å²) in [5.74, 6) is 1.33. The van der Waals surface area contributed by atoms with Gasteiger partial charge >= 0.3 is 0 Å². The van der Waals surface area contributed by atoms with Gasteiger partial charge in [-0.1, -0.05) is 32.0 Å². The zero-order chi connectivity index (χ0) is 18.1. The van der Waals surface area contributed by atoms with Crippen molar-refractivity contribution in [1.29, 1.82) is 0 Å². The van der Waals surface area contributed by atoms with Crippen molar-refractivity contribution < 1.29 is 14.3 Å². The van der Waals surface area contributed by atoms with Gasteiger partial charge in [0, 0.05) is 11.6 Å². The maximum absolute atomic E-state index is 11.6. The van der Waals surface area contributed by atoms with Crippen LogP contribution in [0.5, 0.6) is 11.5 Å². The Balaban J connectivity index is 1.72. The van der Waals surface area contributed by atoms with E-state index in [1.807, 2.05) is 68.4 Å². The molecule has 1 amide bonds. The fourth-order valence-electron chi connectivity index (χ4n) is 1.89. The zero-order valence-corrected chi connectivity index (χ0v) is 15.1. The van der Waals surface area contributed by atoms with E-state index in [-0.39, 0.29) is 16.9 Å². The summed E-state index contributed by atoms with van der Waals surface area (Å²) in [4.78, 5) is 11.6. The quantitative estimate of drug-likeness (QED) is 0.585. The molecule has 25 heavy (non-hydrogen) atoms. The molecule has 2 aromatic rings. The van der Waals surface area contributed by atoms with Crippen LogP contribution < -0.4 is 20.1 Å². The number of amides is 1. The van der Waals surface area contributed by atoms with Gasteiger partial charge in [0.05, 0.1) is 0 Å². The summed E-state index contributed by atoms with van der Waals surface area (Å²) in [6.07, 6.45) is 0. The van der Waals surface area contributed by atoms with Gasteiger partial charge in [-0.25, -0.2) is 0 Å². The average Bonchev–Trinajstić information content (AvgIpc) is 2.61. The smallest absolute Gasteiger partial charge is 0.228 e. The van der Waals surface area contributed by atoms with E-state index in [4.69, 9.17) is 21.7 Å². The molecule has 132 valence electrons. The fourth-order valence-corrected chi connectivity index (χ4v) is 2.11. The summed E-state index contributed by atoms with van der Waals surface area (Å²) in [5.41, 5.74) is 0.780. The van der Waals surface area contributed by atoms with Gasteiger partial charge in [-0.05, 0) is 48.6 Å². The molecule has 0 aliphatic carbocycles. The number of anilines is 1. The number of carbonyl (C=O) groups is 1. The number of para-hydroxylation sites is 1. The van der Waals surface area contributed by atoms with E-state index in [0.717, 1.165) is 17.2 Å². The Morgan fingerprint density at radius 3 is 2.08 bits per heavy atom. The third kappa shape index (κ3) is 6.81. The predicted octanol–water partition coefficient (Wildman–Crippen LogP) is 3.61. The third-order valence-corrected chi connectivity index (χ3v) is 3.44. The molecular formula is C19H22N2O3S. The minimum absolute atomic E-state index is 0.115. The molecule has 0 fully saturated rings. The van der Waals surface area contributed by atoms with Gasteiger partial charge in [-0.15, -0.1) is 0 Å². The molecule has 0 unspecified atom stereocenters. The van der Waals surface area contributed by atoms with E-state index < -0.39 is 0 Å². The van der Waals surface area contributed by atoms with Gasteiger partial charge in [-0.3, -0.25) is 4.79 Å². The molecule has 0 saturated carbocycles. The van der Waals surface area contributed by atoms with Gasteiger partial charge in [0.2, 0.25) is 5.91 Å². The van der Waals surface area contributed by atoms with Crippen LogP contribution in [0.1, 0.15) is 13.8 Å². The lowest BCUT2D eigenvalue weighted by Crippen LogP contribution is -2.36. The molecule has 0 radical (unpaired) electrons. The van der Waals surface area contributed by atoms with E-state index in [9.17, 15) is 4.79 Å². The second-order valence-corrected chi connectivity index (χ2v) is 6.04. The Kier molecular flexibility index (Phi) is 7.22. The van der Waals surface area contributed by atoms with Crippen molar-refractivity contribution in [1.82, 2.24) is 5.32 Å². The number of hydrogen-bond acceptors (Lipinski definition) is 4. The Bertz CT molecular complexity index is 688. The summed E-state index contributed by atoms with van der Waals surface area (Å²) < 4.78 is 11.2. The van der Waals surface area contributed by atoms with Crippen molar-refractivity contribution in [2.45, 2.75) is 13.8 Å². The van der Waals surface area contributed by atoms with Crippen LogP contribution in [0.25, 0.3) is 0 Å². The highest BCUT2D eigenvalue weighted by Crippen LogP contribution is 2.16. The first kappa shape index (κ1) is 18.7. The van der Waals surface area contributed by atoms with Gasteiger partial charge in [-0.2, -0.15) is 0 Å². The lowest BCUT2D eigenvalue weighted by molar-refractivity contribution is -0.122. The third-order valence-electron chi connectivity index (χ3n) is 3.24. The number of carbonyl (C=O) groups excluding carboxylic acids is 1. The van der Waals surface area contributed by atoms with Crippen molar-refractivity contribution in [3.05, 3.63) is 54.6 Å². The van der Waals surface area contributed by atoms with Gasteiger partial charge < -0.3 is 20.1 Å². The molecular weight excluding hydrogens is 336 g/mol. The lowest BCUT2D eigenvalue weighted by Gasteiger charge is -2.12. The summed E-state index contributed by atoms with van der Waals surface area (Å²) in [7, 11) is 0. The Hall–Kier alpha value is -2.60. The molecule has 0 aliphatic heterocycles. The average molecular weight is 358 g/mol. The standard InChI is InChI=1S/C19H22N2O3S/c1-14(2)18(22)21-19(25)20-15-8-10-17(11-9-15)24-13-12-23-16-6-4-3-5-7-16/h3-11,14H,12-13H2,1-2H3,(H2,20,21,22,25). The first-order chi connectivity index (χ1) is 12.0. The fraction of sp³-hybridized carbons (Fsp3) is 0.263. The second-order valence-electron chi connectivity index (χ2n) is 5.63. The van der Waals surface area contributed by atoms with Crippen LogP contribution in [0, 0.1) is 5.92 Å². The number of thiocarbonyl (C=S) groups is 1. The maximum Gasteiger partial charge on any atom is 0.228 e. The molecule has 2 aromatic carbocycles. The van der Waals surface area contributed by atoms with Gasteiger partial charge in [0.25, 0.3) is 0 Å². The van der Waals surface area contributed by atoms with Crippen LogP contribution in [0.15, 0.2) is 54.6 Å². The molecule has 0 spiro atoms. The molecule has 2 rings (SSSR count). The van der Waals surface area contributed by atoms with E-state index in [1.54, 1.807) is 0 Å². The highest BCUT2D eigenvalue weighted by atomic mass is 32.1. The number of hydrogen-bond donors (Lipinski definition) is 2. The van der Waals surface area contributed by atoms with Crippen molar-refractivity contribution in [2.24, 2.45) is 5.92 Å². The largest absolute Gasteiger partial charge is 0.490 e. The highest BCUT2D eigenvalue weighted by molar-refractivity contribution is 7.80. The Morgan fingerprint density at radius 2 is 1.52 bits per heavy atom. The number of rotatable bonds is 7. The topological polar surface area (TPSA) is 59.6 Å². The van der Waals surface area contributed by atoms with E-state index in [0.29, 0.717) is 13.2 Å². The van der Waals surface area contributed by atoms with Crippen LogP contribution in [-0.2, 0) is 4.79 Å². The van der Waals surface area contributed by atoms with Crippen LogP contribution >= 0.6 is 12.2 Å². The molecule has 0 bridgehead atoms. The molecule has 0 aromatic heterocycles. The summed E-state index contributed by atoms with van der Waals surface area (Å²) in [6.45, 7) is 4.54. The first-order valence-corrected chi connectivity index (χ1v) is 8.48. The van der Waals surface area contributed by atoms with Crippen molar-refractivity contribution in [3.63, 3.8) is 0 Å². The summed E-state index contributed by atoms with van der Waals surface area (Å²) in [5, 5.41) is 5.88. The molecule has 0 atom stereocenters. The van der Waals surface area contributed by atoms with Crippen LogP contribution in [0.3, 0.4) is 0 Å². The first-order valence-electron chi connectivity index (χ1n) is 8.07. The minimum atomic E-state index is -0.117. The van der Waals surface area contributed by atoms with Crippen LogP contribution in [0.4, 0.5) is 5.69 Å². The Morgan fingerprint density at radius 1 is 0.960 bits per heavy atom. The van der Waals surface area contributed by atoms with Crippen molar-refractivity contribution in [2.75, 3.05) is 18.5 Å². The number of nitrogens with one attached hydrogen (secondary N) is 2. The SMILES string of the molecule is CC(C)C(=O)NC(=S)Nc1ccc(OCCOc2ccccc2)cc1. The van der Waals surface area contributed by atoms with Gasteiger partial charge in [0.15, 0.2) is 5.11 Å². The van der Waals surface area contributed by atoms with E-state index >= 15 is 0 Å². The van der Waals surface area contributed by atoms with Crippen molar-refractivity contribution in [3.8, 4) is 11.5 Å². The van der Waals surface area contributed by atoms with Crippen molar-refractivity contribution >= 4 is 28.9 Å². The van der Waals surface area contributed by atoms with E-state index in [1.165, 1.54) is 0 Å². The molecule has 5 nitrogen and oxygen atoms in total.